The van der Waals surface area contributed by atoms with Crippen LogP contribution in [0.15, 0.2) is 18.2 Å². The van der Waals surface area contributed by atoms with Crippen LogP contribution in [-0.2, 0) is 13.0 Å². The highest BCUT2D eigenvalue weighted by atomic mass is 16.5. The molecule has 1 aromatic rings. The molecule has 0 aromatic heterocycles. The van der Waals surface area contributed by atoms with Crippen LogP contribution < -0.4 is 15.4 Å². The van der Waals surface area contributed by atoms with Gasteiger partial charge in [-0.1, -0.05) is 12.1 Å². The van der Waals surface area contributed by atoms with E-state index < -0.39 is 0 Å². The molecular weight excluding hydrogens is 224 g/mol. The van der Waals surface area contributed by atoms with Crippen molar-refractivity contribution in [2.45, 2.75) is 38.3 Å². The minimum Gasteiger partial charge on any atom is -0.491 e. The number of fused-ring (bicyclic) bond motifs is 1. The first-order valence-corrected chi connectivity index (χ1v) is 6.96. The average Bonchev–Trinajstić information content (AvgIpc) is 2.84. The van der Waals surface area contributed by atoms with Crippen LogP contribution in [0.2, 0.25) is 0 Å². The highest BCUT2D eigenvalue weighted by molar-refractivity contribution is 5.41. The molecule has 3 heteroatoms. The molecule has 1 fully saturated rings. The Morgan fingerprint density at radius 3 is 3.11 bits per heavy atom. The zero-order valence-electron chi connectivity index (χ0n) is 11.1. The van der Waals surface area contributed by atoms with E-state index in [0.717, 1.165) is 38.4 Å². The van der Waals surface area contributed by atoms with E-state index in [0.29, 0.717) is 0 Å². The molecule has 0 radical (unpaired) electrons. The summed E-state index contributed by atoms with van der Waals surface area (Å²) in [6.45, 7) is 6.16. The van der Waals surface area contributed by atoms with E-state index in [-0.39, 0.29) is 5.54 Å². The Kier molecular flexibility index (Phi) is 3.27. The SMILES string of the molecule is CC1(COc2cccc3c2CNCC3)CCCN1. The van der Waals surface area contributed by atoms with Crippen molar-refractivity contribution in [1.82, 2.24) is 10.6 Å². The summed E-state index contributed by atoms with van der Waals surface area (Å²) < 4.78 is 6.09. The summed E-state index contributed by atoms with van der Waals surface area (Å²) >= 11 is 0. The molecule has 0 saturated carbocycles. The van der Waals surface area contributed by atoms with Gasteiger partial charge in [0.1, 0.15) is 12.4 Å². The van der Waals surface area contributed by atoms with Crippen LogP contribution >= 0.6 is 0 Å². The standard InChI is InChI=1S/C15H22N2O/c1-15(7-3-8-17-15)11-18-14-5-2-4-12-6-9-16-10-13(12)14/h2,4-5,16-17H,3,6-11H2,1H3. The first-order chi connectivity index (χ1) is 8.77. The summed E-state index contributed by atoms with van der Waals surface area (Å²) in [6.07, 6.45) is 3.58. The molecule has 0 bridgehead atoms. The second-order valence-electron chi connectivity index (χ2n) is 5.70. The van der Waals surface area contributed by atoms with Crippen LogP contribution in [0.5, 0.6) is 5.75 Å². The lowest BCUT2D eigenvalue weighted by molar-refractivity contribution is 0.210. The normalized spacial score (nSPS) is 26.9. The van der Waals surface area contributed by atoms with Crippen molar-refractivity contribution in [2.24, 2.45) is 0 Å². The van der Waals surface area contributed by atoms with E-state index in [1.54, 1.807) is 0 Å². The lowest BCUT2D eigenvalue weighted by Crippen LogP contribution is -2.42. The van der Waals surface area contributed by atoms with Crippen LogP contribution in [0.25, 0.3) is 0 Å². The van der Waals surface area contributed by atoms with Gasteiger partial charge in [-0.25, -0.2) is 0 Å². The number of rotatable bonds is 3. The lowest BCUT2D eigenvalue weighted by Gasteiger charge is -2.26. The van der Waals surface area contributed by atoms with Crippen LogP contribution in [0.3, 0.4) is 0 Å². The molecule has 2 aliphatic rings. The van der Waals surface area contributed by atoms with Crippen molar-refractivity contribution in [3.05, 3.63) is 29.3 Å². The summed E-state index contributed by atoms with van der Waals surface area (Å²) in [5.74, 6) is 1.06. The van der Waals surface area contributed by atoms with Crippen molar-refractivity contribution in [3.63, 3.8) is 0 Å². The predicted octanol–water partition coefficient (Wildman–Crippen LogP) is 1.85. The Morgan fingerprint density at radius 2 is 2.28 bits per heavy atom. The fourth-order valence-corrected chi connectivity index (χ4v) is 2.93. The van der Waals surface area contributed by atoms with Crippen molar-refractivity contribution in [2.75, 3.05) is 19.7 Å². The third kappa shape index (κ3) is 2.38. The van der Waals surface area contributed by atoms with Gasteiger partial charge in [0.2, 0.25) is 0 Å². The molecule has 2 heterocycles. The second-order valence-corrected chi connectivity index (χ2v) is 5.70. The zero-order valence-corrected chi connectivity index (χ0v) is 11.1. The Bertz CT molecular complexity index is 425. The molecular formula is C15H22N2O. The van der Waals surface area contributed by atoms with Crippen LogP contribution in [0.1, 0.15) is 30.9 Å². The number of benzene rings is 1. The van der Waals surface area contributed by atoms with Gasteiger partial charge in [-0.15, -0.1) is 0 Å². The van der Waals surface area contributed by atoms with E-state index in [4.69, 9.17) is 4.74 Å². The summed E-state index contributed by atoms with van der Waals surface area (Å²) in [5.41, 5.74) is 2.95. The third-order valence-electron chi connectivity index (χ3n) is 4.11. The Balaban J connectivity index is 1.72. The van der Waals surface area contributed by atoms with Gasteiger partial charge in [-0.3, -0.25) is 0 Å². The monoisotopic (exact) mass is 246 g/mol. The first-order valence-electron chi connectivity index (χ1n) is 6.96. The smallest absolute Gasteiger partial charge is 0.124 e. The van der Waals surface area contributed by atoms with Gasteiger partial charge >= 0.3 is 0 Å². The fourth-order valence-electron chi connectivity index (χ4n) is 2.93. The quantitative estimate of drug-likeness (QED) is 0.854. The Morgan fingerprint density at radius 1 is 1.33 bits per heavy atom. The number of hydrogen-bond donors (Lipinski definition) is 2. The molecule has 98 valence electrons. The molecule has 18 heavy (non-hydrogen) atoms. The summed E-state index contributed by atoms with van der Waals surface area (Å²) in [5, 5.41) is 6.97. The first kappa shape index (κ1) is 12.0. The largest absolute Gasteiger partial charge is 0.491 e. The average molecular weight is 246 g/mol. The van der Waals surface area contributed by atoms with Gasteiger partial charge in [-0.05, 0) is 50.9 Å². The van der Waals surface area contributed by atoms with Crippen LogP contribution in [0, 0.1) is 0 Å². The predicted molar refractivity (Wildman–Crippen MR) is 73.0 cm³/mol. The molecule has 1 saturated heterocycles. The van der Waals surface area contributed by atoms with Crippen molar-refractivity contribution in [1.29, 1.82) is 0 Å². The minimum absolute atomic E-state index is 0.158. The summed E-state index contributed by atoms with van der Waals surface area (Å²) in [6, 6.07) is 6.44. The number of ether oxygens (including phenoxy) is 1. The van der Waals surface area contributed by atoms with E-state index in [1.165, 1.54) is 24.0 Å². The Hall–Kier alpha value is -1.06. The molecule has 1 aromatic carbocycles. The maximum Gasteiger partial charge on any atom is 0.124 e. The highest BCUT2D eigenvalue weighted by Gasteiger charge is 2.29. The lowest BCUT2D eigenvalue weighted by atomic mass is 9.99. The van der Waals surface area contributed by atoms with Crippen molar-refractivity contribution in [3.8, 4) is 5.75 Å². The molecule has 0 amide bonds. The molecule has 2 N–H and O–H groups in total. The number of hydrogen-bond acceptors (Lipinski definition) is 3. The van der Waals surface area contributed by atoms with Gasteiger partial charge < -0.3 is 15.4 Å². The zero-order chi connectivity index (χ0) is 12.4. The van der Waals surface area contributed by atoms with Gasteiger partial charge in [0.15, 0.2) is 0 Å². The summed E-state index contributed by atoms with van der Waals surface area (Å²) in [4.78, 5) is 0. The van der Waals surface area contributed by atoms with E-state index in [9.17, 15) is 0 Å². The molecule has 3 rings (SSSR count). The second kappa shape index (κ2) is 4.90. The topological polar surface area (TPSA) is 33.3 Å². The molecule has 0 spiro atoms. The van der Waals surface area contributed by atoms with Crippen molar-refractivity contribution >= 4 is 0 Å². The molecule has 1 unspecified atom stereocenters. The summed E-state index contributed by atoms with van der Waals surface area (Å²) in [7, 11) is 0. The molecule has 2 aliphatic heterocycles. The van der Waals surface area contributed by atoms with Crippen LogP contribution in [0.4, 0.5) is 0 Å². The Labute approximate surface area is 109 Å². The maximum atomic E-state index is 6.09. The maximum absolute atomic E-state index is 6.09. The molecule has 1 atom stereocenters. The van der Waals surface area contributed by atoms with Gasteiger partial charge in [0.25, 0.3) is 0 Å². The molecule has 0 aliphatic carbocycles. The van der Waals surface area contributed by atoms with E-state index >= 15 is 0 Å². The van der Waals surface area contributed by atoms with E-state index in [2.05, 4.69) is 35.8 Å². The molecule has 3 nitrogen and oxygen atoms in total. The minimum atomic E-state index is 0.158. The van der Waals surface area contributed by atoms with Crippen molar-refractivity contribution < 1.29 is 4.74 Å². The van der Waals surface area contributed by atoms with Gasteiger partial charge in [0.05, 0.1) is 0 Å². The van der Waals surface area contributed by atoms with Gasteiger partial charge in [-0.2, -0.15) is 0 Å². The number of nitrogens with one attached hydrogen (secondary N) is 2. The fraction of sp³-hybridized carbons (Fsp3) is 0.600. The van der Waals surface area contributed by atoms with E-state index in [1.807, 2.05) is 0 Å². The van der Waals surface area contributed by atoms with Gasteiger partial charge in [0, 0.05) is 17.6 Å². The third-order valence-corrected chi connectivity index (χ3v) is 4.11. The van der Waals surface area contributed by atoms with Crippen LogP contribution in [-0.4, -0.2) is 25.2 Å². The highest BCUT2D eigenvalue weighted by Crippen LogP contribution is 2.27.